The summed E-state index contributed by atoms with van der Waals surface area (Å²) in [6.07, 6.45) is 2.46. The second-order valence-electron chi connectivity index (χ2n) is 13.0. The van der Waals surface area contributed by atoms with Crippen molar-refractivity contribution in [3.8, 4) is 11.1 Å². The Bertz CT molecular complexity index is 1890. The Hall–Kier alpha value is -3.96. The second kappa shape index (κ2) is 12.0. The van der Waals surface area contributed by atoms with Gasteiger partial charge in [0.2, 0.25) is 11.8 Å². The number of rotatable bonds is 7. The molecule has 0 saturated carbocycles. The molecule has 4 heterocycles. The predicted molar refractivity (Wildman–Crippen MR) is 180 cm³/mol. The summed E-state index contributed by atoms with van der Waals surface area (Å²) in [4.78, 5) is 45.0. The Kier molecular flexibility index (Phi) is 8.35. The number of sulfone groups is 1. The van der Waals surface area contributed by atoms with Crippen LogP contribution in [-0.2, 0) is 31.2 Å². The molecule has 3 aliphatic rings. The van der Waals surface area contributed by atoms with E-state index in [1.165, 1.54) is 0 Å². The molecule has 3 aliphatic heterocycles. The number of ether oxygens (including phenoxy) is 1. The van der Waals surface area contributed by atoms with Crippen LogP contribution >= 0.6 is 0 Å². The lowest BCUT2D eigenvalue weighted by molar-refractivity contribution is -0.121. The second-order valence-corrected chi connectivity index (χ2v) is 15.3. The Balaban J connectivity index is 1.58. The van der Waals surface area contributed by atoms with Gasteiger partial charge in [-0.05, 0) is 105 Å². The van der Waals surface area contributed by atoms with Crippen LogP contribution in [0.15, 0.2) is 35.1 Å². The molecule has 11 heteroatoms. The number of fused-ring (bicyclic) bond motifs is 2. The van der Waals surface area contributed by atoms with Gasteiger partial charge in [0.05, 0.1) is 16.9 Å². The quantitative estimate of drug-likeness (QED) is 0.350. The zero-order valence-corrected chi connectivity index (χ0v) is 27.7. The molecular weight excluding hydrogens is 604 g/mol. The zero-order chi connectivity index (χ0) is 33.0. The van der Waals surface area contributed by atoms with Crippen LogP contribution in [0.2, 0.25) is 0 Å². The van der Waals surface area contributed by atoms with E-state index in [1.54, 1.807) is 0 Å². The molecule has 4 N–H and O–H groups in total. The maximum Gasteiger partial charge on any atom is 0.251 e. The molecular formula is C35H42N4O6S. The Labute approximate surface area is 269 Å². The highest BCUT2D eigenvalue weighted by Gasteiger charge is 2.50. The lowest BCUT2D eigenvalue weighted by atomic mass is 9.76. The van der Waals surface area contributed by atoms with Gasteiger partial charge in [-0.15, -0.1) is 0 Å². The largest absolute Gasteiger partial charge is 0.381 e. The first-order valence-corrected chi connectivity index (χ1v) is 17.8. The highest BCUT2D eigenvalue weighted by molar-refractivity contribution is 7.91. The van der Waals surface area contributed by atoms with E-state index < -0.39 is 21.2 Å². The molecule has 1 spiro atoms. The van der Waals surface area contributed by atoms with Crippen molar-refractivity contribution in [1.29, 1.82) is 0 Å². The van der Waals surface area contributed by atoms with Gasteiger partial charge in [0.25, 0.3) is 5.56 Å². The molecule has 2 aromatic carbocycles. The molecule has 1 aromatic heterocycles. The number of benzene rings is 2. The molecule has 0 unspecified atom stereocenters. The summed E-state index contributed by atoms with van der Waals surface area (Å²) in [5.41, 5.74) is 13.2. The van der Waals surface area contributed by atoms with Gasteiger partial charge < -0.3 is 25.7 Å². The van der Waals surface area contributed by atoms with Crippen LogP contribution in [-0.4, -0.2) is 62.5 Å². The number of nitrogens with zero attached hydrogens (tertiary/aromatic N) is 1. The third-order valence-corrected chi connectivity index (χ3v) is 11.9. The number of aromatic nitrogens is 1. The molecule has 2 amide bonds. The first-order chi connectivity index (χ1) is 21.8. The first kappa shape index (κ1) is 32.0. The van der Waals surface area contributed by atoms with E-state index in [2.05, 4.69) is 22.1 Å². The van der Waals surface area contributed by atoms with Crippen molar-refractivity contribution < 1.29 is 22.7 Å². The van der Waals surface area contributed by atoms with Crippen molar-refractivity contribution in [2.45, 2.75) is 71.3 Å². The molecule has 2 fully saturated rings. The van der Waals surface area contributed by atoms with Gasteiger partial charge in [0, 0.05) is 60.4 Å². The van der Waals surface area contributed by atoms with Crippen molar-refractivity contribution in [2.75, 3.05) is 41.5 Å². The van der Waals surface area contributed by atoms with Crippen molar-refractivity contribution in [1.82, 2.24) is 4.98 Å². The average Bonchev–Trinajstić information content (AvgIpc) is 3.28. The number of aryl methyl sites for hydroxylation is 2. The molecule has 0 bridgehead atoms. The third kappa shape index (κ3) is 5.53. The molecule has 244 valence electrons. The van der Waals surface area contributed by atoms with Gasteiger partial charge in [0.1, 0.15) is 9.84 Å². The summed E-state index contributed by atoms with van der Waals surface area (Å²) in [6.45, 7) is 9.76. The van der Waals surface area contributed by atoms with Crippen LogP contribution in [0.25, 0.3) is 11.1 Å². The lowest BCUT2D eigenvalue weighted by Gasteiger charge is -2.38. The van der Waals surface area contributed by atoms with E-state index in [0.29, 0.717) is 43.0 Å². The Morgan fingerprint density at radius 1 is 1.04 bits per heavy atom. The van der Waals surface area contributed by atoms with Gasteiger partial charge in [-0.3, -0.25) is 14.4 Å². The van der Waals surface area contributed by atoms with Gasteiger partial charge >= 0.3 is 0 Å². The third-order valence-electron chi connectivity index (χ3n) is 10.2. The van der Waals surface area contributed by atoms with Crippen molar-refractivity contribution in [3.05, 3.63) is 79.8 Å². The number of pyridine rings is 1. The molecule has 46 heavy (non-hydrogen) atoms. The summed E-state index contributed by atoms with van der Waals surface area (Å²) in [5, 5.41) is 3.03. The normalized spacial score (nSPS) is 18.7. The van der Waals surface area contributed by atoms with Crippen molar-refractivity contribution in [2.24, 2.45) is 5.73 Å². The van der Waals surface area contributed by atoms with E-state index in [9.17, 15) is 22.8 Å². The summed E-state index contributed by atoms with van der Waals surface area (Å²) in [5.74, 6) is -0.789. The topological polar surface area (TPSA) is 152 Å². The Morgan fingerprint density at radius 3 is 2.37 bits per heavy atom. The van der Waals surface area contributed by atoms with E-state index in [4.69, 9.17) is 10.5 Å². The van der Waals surface area contributed by atoms with Gasteiger partial charge in [-0.2, -0.15) is 0 Å². The number of anilines is 2. The van der Waals surface area contributed by atoms with Crippen LogP contribution in [0.5, 0.6) is 0 Å². The fourth-order valence-corrected chi connectivity index (χ4v) is 9.28. The Morgan fingerprint density at radius 2 is 1.74 bits per heavy atom. The molecule has 6 rings (SSSR count). The van der Waals surface area contributed by atoms with Crippen LogP contribution in [0.4, 0.5) is 11.4 Å². The minimum absolute atomic E-state index is 0.0292. The molecule has 10 nitrogen and oxygen atoms in total. The molecule has 0 atom stereocenters. The fraction of sp³-hybridized carbons (Fsp3) is 0.457. The minimum atomic E-state index is -3.17. The maximum absolute atomic E-state index is 13.4. The monoisotopic (exact) mass is 646 g/mol. The first-order valence-electron chi connectivity index (χ1n) is 16.0. The minimum Gasteiger partial charge on any atom is -0.381 e. The van der Waals surface area contributed by atoms with Gasteiger partial charge in [0.15, 0.2) is 0 Å². The number of carbonyl (C=O) groups is 2. The van der Waals surface area contributed by atoms with Crippen LogP contribution in [0.3, 0.4) is 0 Å². The highest BCUT2D eigenvalue weighted by atomic mass is 32.2. The number of aromatic amines is 1. The molecule has 3 aromatic rings. The van der Waals surface area contributed by atoms with Gasteiger partial charge in [-0.1, -0.05) is 12.1 Å². The molecule has 0 aliphatic carbocycles. The average molecular weight is 647 g/mol. The van der Waals surface area contributed by atoms with E-state index >= 15 is 0 Å². The van der Waals surface area contributed by atoms with E-state index in [1.807, 2.05) is 51.1 Å². The molecule has 0 radical (unpaired) electrons. The van der Waals surface area contributed by atoms with Crippen LogP contribution in [0.1, 0.15) is 76.5 Å². The van der Waals surface area contributed by atoms with Crippen LogP contribution < -0.4 is 21.5 Å². The summed E-state index contributed by atoms with van der Waals surface area (Å²) in [6, 6.07) is 9.70. The highest BCUT2D eigenvalue weighted by Crippen LogP contribution is 2.48. The SMILES string of the molecule is CCN(c1c(C)c(C(N)=O)cc(-c2ccc3c(c2)NC(=O)C32CCS(=O)(=O)CC2)c1Cc1c(C)cc(C)[nH]c1=O)C1CCOCC1. The predicted octanol–water partition coefficient (Wildman–Crippen LogP) is 4.06. The number of hydrogen-bond acceptors (Lipinski definition) is 7. The smallest absolute Gasteiger partial charge is 0.251 e. The summed E-state index contributed by atoms with van der Waals surface area (Å²) in [7, 11) is -3.17. The fourth-order valence-electron chi connectivity index (χ4n) is 7.76. The standard InChI is InChI=1S/C35H42N4O6S/c1-5-39(24-8-12-45-13-9-24)31-22(4)26(32(36)40)19-27(28(31)18-25-20(2)16-21(3)37-33(25)41)23-6-7-29-30(17-23)38-34(42)35(29)10-14-46(43,44)15-11-35/h6-7,16-17,19,24H,5,8-15,18H2,1-4H3,(H2,36,40)(H,37,41)(H,38,42). The lowest BCUT2D eigenvalue weighted by Crippen LogP contribution is -2.42. The van der Waals surface area contributed by atoms with Crippen molar-refractivity contribution >= 4 is 33.0 Å². The molecule has 2 saturated heterocycles. The summed E-state index contributed by atoms with van der Waals surface area (Å²) < 4.78 is 30.2. The van der Waals surface area contributed by atoms with Crippen molar-refractivity contribution in [3.63, 3.8) is 0 Å². The number of nitrogens with one attached hydrogen (secondary N) is 2. The number of H-pyrrole nitrogens is 1. The number of carbonyl (C=O) groups excluding carboxylic acids is 2. The van der Waals surface area contributed by atoms with E-state index in [-0.39, 0.29) is 41.9 Å². The maximum atomic E-state index is 13.4. The number of amides is 2. The summed E-state index contributed by atoms with van der Waals surface area (Å²) >= 11 is 0. The van der Waals surface area contributed by atoms with E-state index in [0.717, 1.165) is 57.6 Å². The van der Waals surface area contributed by atoms with Crippen LogP contribution in [0, 0.1) is 20.8 Å². The zero-order valence-electron chi connectivity index (χ0n) is 26.9. The van der Waals surface area contributed by atoms with Gasteiger partial charge in [-0.25, -0.2) is 8.42 Å². The number of nitrogens with two attached hydrogens (primary N) is 1. The number of hydrogen-bond donors (Lipinski definition) is 3. The number of primary amides is 1.